The number of nitrogens with zero attached hydrogens (tertiary/aromatic N) is 1. The fourth-order valence-electron chi connectivity index (χ4n) is 6.67. The normalized spacial score (nSPS) is 12.8. The van der Waals surface area contributed by atoms with Crippen LogP contribution in [0.5, 0.6) is 5.75 Å². The number of carbonyl (C=O) groups is 4. The molecule has 0 bridgehead atoms. The first-order chi connectivity index (χ1) is 27.6. The number of nitrogens with two attached hydrogens (primary N) is 1. The van der Waals surface area contributed by atoms with Gasteiger partial charge in [0.1, 0.15) is 23.9 Å². The van der Waals surface area contributed by atoms with E-state index in [1.165, 1.54) is 0 Å². The average molecular weight is 812 g/mol. The Kier molecular flexibility index (Phi) is 13.8. The molecule has 3 atom stereocenters. The summed E-state index contributed by atoms with van der Waals surface area (Å²) in [7, 11) is 0. The zero-order chi connectivity index (χ0) is 40.3. The SMILES string of the molecule is NCCCC(=O)N[C@@H](Cc1c[nH]c2ccc(O)cc12)C(=O)N[C@@H](Cc1ccc(Cl)cc1)C(=O)N[C@@H](Cc1ccncc1)C(=O)NCCc1c[nH]c2ccc(Cl)cc12. The molecule has 0 aliphatic carbocycles. The van der Waals surface area contributed by atoms with E-state index in [2.05, 4.69) is 36.2 Å². The van der Waals surface area contributed by atoms with E-state index >= 15 is 0 Å². The molecule has 13 nitrogen and oxygen atoms in total. The number of aromatic nitrogens is 3. The number of aromatic hydroxyl groups is 1. The van der Waals surface area contributed by atoms with Crippen LogP contribution < -0.4 is 27.0 Å². The van der Waals surface area contributed by atoms with E-state index in [0.717, 1.165) is 27.5 Å². The van der Waals surface area contributed by atoms with Crippen LogP contribution in [0.25, 0.3) is 21.8 Å². The summed E-state index contributed by atoms with van der Waals surface area (Å²) in [6, 6.07) is 17.5. The summed E-state index contributed by atoms with van der Waals surface area (Å²) >= 11 is 12.4. The highest BCUT2D eigenvalue weighted by atomic mass is 35.5. The summed E-state index contributed by atoms with van der Waals surface area (Å²) < 4.78 is 0. The van der Waals surface area contributed by atoms with Crippen molar-refractivity contribution in [3.8, 4) is 5.75 Å². The van der Waals surface area contributed by atoms with Crippen LogP contribution in [0.2, 0.25) is 10.0 Å². The number of amides is 4. The van der Waals surface area contributed by atoms with E-state index in [0.29, 0.717) is 45.9 Å². The van der Waals surface area contributed by atoms with E-state index in [9.17, 15) is 24.3 Å². The summed E-state index contributed by atoms with van der Waals surface area (Å²) in [6.07, 6.45) is 8.08. The third kappa shape index (κ3) is 11.1. The molecule has 0 aliphatic rings. The molecule has 57 heavy (non-hydrogen) atoms. The van der Waals surface area contributed by atoms with Crippen molar-refractivity contribution in [1.82, 2.24) is 36.2 Å². The second kappa shape index (κ2) is 19.3. The predicted octanol–water partition coefficient (Wildman–Crippen LogP) is 4.64. The van der Waals surface area contributed by atoms with Crippen molar-refractivity contribution in [2.24, 2.45) is 5.73 Å². The van der Waals surface area contributed by atoms with Crippen molar-refractivity contribution in [3.63, 3.8) is 0 Å². The molecule has 6 aromatic rings. The van der Waals surface area contributed by atoms with Gasteiger partial charge in [-0.3, -0.25) is 24.2 Å². The fourth-order valence-corrected chi connectivity index (χ4v) is 6.97. The van der Waals surface area contributed by atoms with Gasteiger partial charge < -0.3 is 42.1 Å². The molecule has 3 aromatic heterocycles. The second-order valence-electron chi connectivity index (χ2n) is 13.8. The lowest BCUT2D eigenvalue weighted by Gasteiger charge is -2.26. The number of nitrogens with one attached hydrogen (secondary N) is 6. The van der Waals surface area contributed by atoms with Gasteiger partial charge in [0.15, 0.2) is 0 Å². The summed E-state index contributed by atoms with van der Waals surface area (Å²) in [5.74, 6) is -1.98. The lowest BCUT2D eigenvalue weighted by molar-refractivity contribution is -0.133. The van der Waals surface area contributed by atoms with Crippen LogP contribution in [0.15, 0.2) is 97.6 Å². The maximum Gasteiger partial charge on any atom is 0.243 e. The minimum absolute atomic E-state index is 0.0456. The first kappa shape index (κ1) is 40.8. The zero-order valence-corrected chi connectivity index (χ0v) is 32.5. The Balaban J connectivity index is 1.23. The van der Waals surface area contributed by atoms with Gasteiger partial charge in [0.05, 0.1) is 0 Å². The van der Waals surface area contributed by atoms with Crippen LogP contribution in [0.3, 0.4) is 0 Å². The Bertz CT molecular complexity index is 2330. The minimum Gasteiger partial charge on any atom is -0.508 e. The Morgan fingerprint density at radius 3 is 1.95 bits per heavy atom. The molecule has 15 heteroatoms. The van der Waals surface area contributed by atoms with E-state index < -0.39 is 35.8 Å². The van der Waals surface area contributed by atoms with Crippen molar-refractivity contribution in [2.75, 3.05) is 13.1 Å². The lowest BCUT2D eigenvalue weighted by atomic mass is 10.0. The number of phenolic OH excluding ortho intramolecular Hbond substituents is 1. The van der Waals surface area contributed by atoms with Crippen molar-refractivity contribution in [3.05, 3.63) is 130 Å². The monoisotopic (exact) mass is 810 g/mol. The lowest BCUT2D eigenvalue weighted by Crippen LogP contribution is -2.58. The number of H-pyrrole nitrogens is 2. The van der Waals surface area contributed by atoms with E-state index in [-0.39, 0.29) is 43.9 Å². The third-order valence-corrected chi connectivity index (χ3v) is 10.2. The molecule has 0 saturated heterocycles. The van der Waals surface area contributed by atoms with Crippen LogP contribution in [-0.2, 0) is 44.9 Å². The number of phenols is 1. The number of carbonyl (C=O) groups excluding carboxylic acids is 4. The maximum absolute atomic E-state index is 14.3. The number of halogens is 2. The van der Waals surface area contributed by atoms with Crippen molar-refractivity contribution in [2.45, 2.75) is 56.7 Å². The van der Waals surface area contributed by atoms with Gasteiger partial charge in [-0.05, 0) is 102 Å². The van der Waals surface area contributed by atoms with Gasteiger partial charge in [-0.15, -0.1) is 0 Å². The van der Waals surface area contributed by atoms with Crippen molar-refractivity contribution >= 4 is 68.6 Å². The molecule has 6 rings (SSSR count). The van der Waals surface area contributed by atoms with Crippen LogP contribution in [-0.4, -0.2) is 74.9 Å². The molecular formula is C42H44Cl2N8O5. The third-order valence-electron chi connectivity index (χ3n) is 9.67. The number of rotatable bonds is 18. The van der Waals surface area contributed by atoms with E-state index in [1.807, 2.05) is 18.3 Å². The van der Waals surface area contributed by atoms with E-state index in [1.54, 1.807) is 79.3 Å². The molecule has 3 heterocycles. The molecule has 0 fully saturated rings. The largest absolute Gasteiger partial charge is 0.508 e. The summed E-state index contributed by atoms with van der Waals surface area (Å²) in [4.78, 5) is 65.8. The van der Waals surface area contributed by atoms with Crippen LogP contribution in [0.4, 0.5) is 0 Å². The number of pyridine rings is 1. The molecule has 4 amide bonds. The highest BCUT2D eigenvalue weighted by molar-refractivity contribution is 6.31. The Morgan fingerprint density at radius 2 is 1.26 bits per heavy atom. The Morgan fingerprint density at radius 1 is 0.684 bits per heavy atom. The molecular weight excluding hydrogens is 767 g/mol. The topological polar surface area (TPSA) is 207 Å². The van der Waals surface area contributed by atoms with Gasteiger partial charge in [0, 0.05) is 88.9 Å². The quantitative estimate of drug-likeness (QED) is 0.0617. The molecule has 9 N–H and O–H groups in total. The van der Waals surface area contributed by atoms with Gasteiger partial charge in [0.2, 0.25) is 23.6 Å². The molecule has 0 unspecified atom stereocenters. The Labute approximate surface area is 339 Å². The predicted molar refractivity (Wildman–Crippen MR) is 221 cm³/mol. The number of aromatic amines is 2. The van der Waals surface area contributed by atoms with Crippen LogP contribution in [0, 0.1) is 0 Å². The van der Waals surface area contributed by atoms with E-state index in [4.69, 9.17) is 28.9 Å². The summed E-state index contributed by atoms with van der Waals surface area (Å²) in [6.45, 7) is 0.574. The number of benzene rings is 3. The number of hydrogen-bond donors (Lipinski definition) is 8. The number of hydrogen-bond acceptors (Lipinski definition) is 7. The van der Waals surface area contributed by atoms with Crippen LogP contribution in [0.1, 0.15) is 35.1 Å². The highest BCUT2D eigenvalue weighted by Gasteiger charge is 2.31. The zero-order valence-electron chi connectivity index (χ0n) is 31.0. The standard InChI is InChI=1S/C42H44Cl2N8O5/c43-29-5-3-25(4-6-29)18-37(52-42(57)38(50-39(54)2-1-14-45)20-28-24-49-35-10-8-31(53)22-33(28)35)41(56)51-36(19-26-11-15-46-16-12-26)40(55)47-17-13-27-23-48-34-9-7-30(44)21-32(27)34/h3-12,15-16,21-24,36-38,48-49,53H,1-2,13-14,17-20,45H2,(H,47,55)(H,50,54)(H,51,56)(H,52,57)/t36-,37-,38-/m0/s1. The van der Waals surface area contributed by atoms with Gasteiger partial charge in [0.25, 0.3) is 0 Å². The van der Waals surface area contributed by atoms with Gasteiger partial charge >= 0.3 is 0 Å². The summed E-state index contributed by atoms with van der Waals surface area (Å²) in [5, 5.41) is 24.5. The first-order valence-electron chi connectivity index (χ1n) is 18.6. The molecule has 0 aliphatic heterocycles. The smallest absolute Gasteiger partial charge is 0.243 e. The van der Waals surface area contributed by atoms with Crippen molar-refractivity contribution in [1.29, 1.82) is 0 Å². The Hall–Kier alpha value is -5.89. The molecule has 0 saturated carbocycles. The minimum atomic E-state index is -1.17. The van der Waals surface area contributed by atoms with Crippen molar-refractivity contribution < 1.29 is 24.3 Å². The summed E-state index contributed by atoms with van der Waals surface area (Å²) in [5.41, 5.74) is 10.4. The first-order valence-corrected chi connectivity index (χ1v) is 19.4. The molecule has 0 spiro atoms. The number of fused-ring (bicyclic) bond motifs is 2. The molecule has 3 aromatic carbocycles. The van der Waals surface area contributed by atoms with Gasteiger partial charge in [-0.2, -0.15) is 0 Å². The second-order valence-corrected chi connectivity index (χ2v) is 14.7. The highest BCUT2D eigenvalue weighted by Crippen LogP contribution is 2.25. The average Bonchev–Trinajstić information content (AvgIpc) is 3.80. The molecule has 296 valence electrons. The van der Waals surface area contributed by atoms with Gasteiger partial charge in [-0.25, -0.2) is 0 Å². The van der Waals surface area contributed by atoms with Gasteiger partial charge in [-0.1, -0.05) is 35.3 Å². The van der Waals surface area contributed by atoms with Crippen LogP contribution >= 0.6 is 23.2 Å². The molecule has 0 radical (unpaired) electrons. The maximum atomic E-state index is 14.3. The fraction of sp³-hybridized carbons (Fsp3) is 0.262.